The van der Waals surface area contributed by atoms with Gasteiger partial charge in [-0.25, -0.2) is 9.37 Å². The zero-order chi connectivity index (χ0) is 13.2. The second-order valence-corrected chi connectivity index (χ2v) is 5.15. The van der Waals surface area contributed by atoms with E-state index in [9.17, 15) is 4.39 Å². The van der Waals surface area contributed by atoms with Gasteiger partial charge in [0.25, 0.3) is 0 Å². The topological polar surface area (TPSA) is 29.9 Å². The maximum Gasteiger partial charge on any atom is 0.147 e. The number of benzene rings is 1. The van der Waals surface area contributed by atoms with Crippen LogP contribution in [0.3, 0.4) is 0 Å². The molecule has 1 fully saturated rings. The Bertz CT molecular complexity index is 571. The molecule has 1 N–H and O–H groups in total. The van der Waals surface area contributed by atoms with Gasteiger partial charge in [0.05, 0.1) is 23.9 Å². The third-order valence-electron chi connectivity index (χ3n) is 3.70. The average molecular weight is 259 g/mol. The summed E-state index contributed by atoms with van der Waals surface area (Å²) in [6.07, 6.45) is 7.04. The van der Waals surface area contributed by atoms with Crippen LogP contribution in [0, 0.1) is 12.7 Å². The van der Waals surface area contributed by atoms with Gasteiger partial charge in [-0.15, -0.1) is 0 Å². The normalized spacial score (nSPS) is 19.6. The van der Waals surface area contributed by atoms with E-state index in [1.807, 2.05) is 23.8 Å². The second kappa shape index (κ2) is 5.13. The number of hydrogen-bond donors (Lipinski definition) is 1. The van der Waals surface area contributed by atoms with E-state index in [0.717, 1.165) is 24.2 Å². The second-order valence-electron chi connectivity index (χ2n) is 5.15. The molecule has 2 aromatic rings. The molecule has 1 aromatic heterocycles. The first kappa shape index (κ1) is 12.4. The van der Waals surface area contributed by atoms with Gasteiger partial charge in [-0.05, 0) is 44.0 Å². The lowest BCUT2D eigenvalue weighted by molar-refractivity contribution is 0.401. The minimum absolute atomic E-state index is 0.208. The average Bonchev–Trinajstić information content (AvgIpc) is 2.91. The molecule has 1 aliphatic rings. The van der Waals surface area contributed by atoms with Crippen molar-refractivity contribution in [2.45, 2.75) is 32.2 Å². The van der Waals surface area contributed by atoms with Gasteiger partial charge >= 0.3 is 0 Å². The van der Waals surface area contributed by atoms with Crippen LogP contribution in [-0.2, 0) is 0 Å². The van der Waals surface area contributed by atoms with Crippen LogP contribution < -0.4 is 5.32 Å². The SMILES string of the molecule is Cc1ccc(F)c(-n2cncc2C2CCCCN2)c1. The van der Waals surface area contributed by atoms with Crippen molar-refractivity contribution in [1.29, 1.82) is 0 Å². The summed E-state index contributed by atoms with van der Waals surface area (Å²) in [7, 11) is 0. The van der Waals surface area contributed by atoms with Crippen molar-refractivity contribution < 1.29 is 4.39 Å². The van der Waals surface area contributed by atoms with E-state index in [1.165, 1.54) is 18.9 Å². The number of aryl methyl sites for hydroxylation is 1. The quantitative estimate of drug-likeness (QED) is 0.898. The maximum absolute atomic E-state index is 14.0. The molecule has 100 valence electrons. The third kappa shape index (κ3) is 2.40. The van der Waals surface area contributed by atoms with Crippen LogP contribution in [0.1, 0.15) is 36.6 Å². The summed E-state index contributed by atoms with van der Waals surface area (Å²) in [5, 5.41) is 3.48. The van der Waals surface area contributed by atoms with Crippen molar-refractivity contribution in [2.24, 2.45) is 0 Å². The van der Waals surface area contributed by atoms with Crippen LogP contribution in [0.15, 0.2) is 30.7 Å². The number of imidazole rings is 1. The first-order valence-corrected chi connectivity index (χ1v) is 6.78. The molecule has 4 heteroatoms. The predicted octanol–water partition coefficient (Wildman–Crippen LogP) is 3.13. The fourth-order valence-electron chi connectivity index (χ4n) is 2.68. The van der Waals surface area contributed by atoms with E-state index >= 15 is 0 Å². The molecule has 0 saturated carbocycles. The maximum atomic E-state index is 14.0. The number of rotatable bonds is 2. The van der Waals surface area contributed by atoms with Crippen molar-refractivity contribution in [1.82, 2.24) is 14.9 Å². The molecule has 0 spiro atoms. The van der Waals surface area contributed by atoms with Crippen molar-refractivity contribution in [3.05, 3.63) is 47.8 Å². The highest BCUT2D eigenvalue weighted by atomic mass is 19.1. The minimum atomic E-state index is -0.208. The highest BCUT2D eigenvalue weighted by Crippen LogP contribution is 2.26. The van der Waals surface area contributed by atoms with Crippen molar-refractivity contribution in [2.75, 3.05) is 6.54 Å². The van der Waals surface area contributed by atoms with Crippen LogP contribution in [0.2, 0.25) is 0 Å². The summed E-state index contributed by atoms with van der Waals surface area (Å²) in [5.41, 5.74) is 2.68. The standard InChI is InChI=1S/C15H18FN3/c1-11-5-6-12(16)14(8-11)19-10-17-9-15(19)13-4-2-3-7-18-13/h5-6,8-10,13,18H,2-4,7H2,1H3. The molecule has 0 amide bonds. The number of nitrogens with one attached hydrogen (secondary N) is 1. The van der Waals surface area contributed by atoms with E-state index in [-0.39, 0.29) is 11.9 Å². The lowest BCUT2D eigenvalue weighted by Crippen LogP contribution is -2.28. The zero-order valence-electron chi connectivity index (χ0n) is 11.1. The van der Waals surface area contributed by atoms with Gasteiger partial charge in [0.1, 0.15) is 5.82 Å². The van der Waals surface area contributed by atoms with Gasteiger partial charge in [-0.2, -0.15) is 0 Å². The molecule has 0 aliphatic carbocycles. The fourth-order valence-corrected chi connectivity index (χ4v) is 2.68. The molecule has 1 unspecified atom stereocenters. The van der Waals surface area contributed by atoms with E-state index in [4.69, 9.17) is 0 Å². The number of aromatic nitrogens is 2. The molecule has 0 bridgehead atoms. The fraction of sp³-hybridized carbons (Fsp3) is 0.400. The molecule has 2 heterocycles. The van der Waals surface area contributed by atoms with Gasteiger partial charge in [0.15, 0.2) is 0 Å². The van der Waals surface area contributed by atoms with Crippen LogP contribution >= 0.6 is 0 Å². The van der Waals surface area contributed by atoms with Crippen molar-refractivity contribution >= 4 is 0 Å². The lowest BCUT2D eigenvalue weighted by atomic mass is 10.0. The number of piperidine rings is 1. The highest BCUT2D eigenvalue weighted by Gasteiger charge is 2.20. The summed E-state index contributed by atoms with van der Waals surface area (Å²) in [6.45, 7) is 2.99. The van der Waals surface area contributed by atoms with Crippen LogP contribution in [0.5, 0.6) is 0 Å². The summed E-state index contributed by atoms with van der Waals surface area (Å²) < 4.78 is 15.9. The van der Waals surface area contributed by atoms with Crippen molar-refractivity contribution in [3.63, 3.8) is 0 Å². The first-order chi connectivity index (χ1) is 9.25. The molecular weight excluding hydrogens is 241 g/mol. The Kier molecular flexibility index (Phi) is 3.34. The van der Waals surface area contributed by atoms with Crippen molar-refractivity contribution in [3.8, 4) is 5.69 Å². The number of nitrogens with zero attached hydrogens (tertiary/aromatic N) is 2. The van der Waals surface area contributed by atoms with E-state index in [1.54, 1.807) is 12.4 Å². The number of halogens is 1. The summed E-state index contributed by atoms with van der Waals surface area (Å²) in [5.74, 6) is -0.208. The molecule has 3 rings (SSSR count). The van der Waals surface area contributed by atoms with Gasteiger partial charge in [-0.1, -0.05) is 12.5 Å². The van der Waals surface area contributed by atoms with Gasteiger partial charge in [0.2, 0.25) is 0 Å². The van der Waals surface area contributed by atoms with Gasteiger partial charge < -0.3 is 5.32 Å². The van der Waals surface area contributed by atoms with Crippen LogP contribution in [-0.4, -0.2) is 16.1 Å². The Labute approximate surface area is 112 Å². The Morgan fingerprint density at radius 2 is 2.26 bits per heavy atom. The van der Waals surface area contributed by atoms with E-state index in [2.05, 4.69) is 10.3 Å². The molecule has 1 aromatic carbocycles. The minimum Gasteiger partial charge on any atom is -0.309 e. The largest absolute Gasteiger partial charge is 0.309 e. The van der Waals surface area contributed by atoms with Crippen LogP contribution in [0.4, 0.5) is 4.39 Å². The smallest absolute Gasteiger partial charge is 0.147 e. The van der Waals surface area contributed by atoms with E-state index in [0.29, 0.717) is 5.69 Å². The third-order valence-corrected chi connectivity index (χ3v) is 3.70. The summed E-state index contributed by atoms with van der Waals surface area (Å²) in [6, 6.07) is 5.44. The number of hydrogen-bond acceptors (Lipinski definition) is 2. The lowest BCUT2D eigenvalue weighted by Gasteiger charge is -2.24. The molecule has 1 atom stereocenters. The molecular formula is C15H18FN3. The zero-order valence-corrected chi connectivity index (χ0v) is 11.1. The Balaban J connectivity index is 2.01. The van der Waals surface area contributed by atoms with Crippen LogP contribution in [0.25, 0.3) is 5.69 Å². The Hall–Kier alpha value is -1.68. The highest BCUT2D eigenvalue weighted by molar-refractivity contribution is 5.39. The van der Waals surface area contributed by atoms with Gasteiger partial charge in [0, 0.05) is 6.04 Å². The molecule has 1 saturated heterocycles. The summed E-state index contributed by atoms with van der Waals surface area (Å²) in [4.78, 5) is 4.20. The molecule has 0 radical (unpaired) electrons. The van der Waals surface area contributed by atoms with E-state index < -0.39 is 0 Å². The molecule has 1 aliphatic heterocycles. The molecule has 3 nitrogen and oxygen atoms in total. The predicted molar refractivity (Wildman–Crippen MR) is 72.9 cm³/mol. The Morgan fingerprint density at radius 1 is 1.37 bits per heavy atom. The summed E-state index contributed by atoms with van der Waals surface area (Å²) >= 11 is 0. The monoisotopic (exact) mass is 259 g/mol. The van der Waals surface area contributed by atoms with Gasteiger partial charge in [-0.3, -0.25) is 4.57 Å². The Morgan fingerprint density at radius 3 is 3.05 bits per heavy atom. The molecule has 19 heavy (non-hydrogen) atoms. The first-order valence-electron chi connectivity index (χ1n) is 6.78.